The number of methoxy groups -OCH3 is 3. The molecule has 5 nitrogen and oxygen atoms in total. The Morgan fingerprint density at radius 3 is 2.22 bits per heavy atom. The fourth-order valence-corrected chi connectivity index (χ4v) is 2.33. The lowest BCUT2D eigenvalue weighted by molar-refractivity contribution is 0.0980. The second-order valence-electron chi connectivity index (χ2n) is 4.98. The lowest BCUT2D eigenvalue weighted by Gasteiger charge is -2.11. The monoisotopic (exact) mass is 316 g/mol. The van der Waals surface area contributed by atoms with Crippen LogP contribution in [0, 0.1) is 0 Å². The Morgan fingerprint density at radius 2 is 1.61 bits per heavy atom. The number of hydrogen-bond acceptors (Lipinski definition) is 5. The molecule has 2 rings (SSSR count). The summed E-state index contributed by atoms with van der Waals surface area (Å²) in [5.74, 6) is 1.70. The lowest BCUT2D eigenvalue weighted by Crippen LogP contribution is -2.03. The van der Waals surface area contributed by atoms with E-state index in [0.717, 1.165) is 5.56 Å². The summed E-state index contributed by atoms with van der Waals surface area (Å²) < 4.78 is 15.5. The van der Waals surface area contributed by atoms with Crippen molar-refractivity contribution in [1.29, 1.82) is 0 Å². The summed E-state index contributed by atoms with van der Waals surface area (Å²) >= 11 is 0. The molecule has 0 radical (unpaired) electrons. The van der Waals surface area contributed by atoms with Crippen molar-refractivity contribution in [3.8, 4) is 23.0 Å². The number of aryl methyl sites for hydroxylation is 1. The third-order valence-electron chi connectivity index (χ3n) is 3.61. The Bertz CT molecular complexity index is 694. The number of benzene rings is 2. The van der Waals surface area contributed by atoms with E-state index in [2.05, 4.69) is 0 Å². The van der Waals surface area contributed by atoms with E-state index in [9.17, 15) is 9.90 Å². The van der Waals surface area contributed by atoms with Crippen molar-refractivity contribution in [3.63, 3.8) is 0 Å². The summed E-state index contributed by atoms with van der Waals surface area (Å²) in [6.45, 7) is 0. The fraction of sp³-hybridized carbons (Fsp3) is 0.278. The van der Waals surface area contributed by atoms with E-state index in [1.165, 1.54) is 13.2 Å². The van der Waals surface area contributed by atoms with Crippen LogP contribution < -0.4 is 14.2 Å². The number of rotatable bonds is 7. The van der Waals surface area contributed by atoms with Crippen LogP contribution in [0.2, 0.25) is 0 Å². The predicted octanol–water partition coefficient (Wildman–Crippen LogP) is 3.23. The molecular formula is C18H20O5. The van der Waals surface area contributed by atoms with E-state index in [1.54, 1.807) is 32.4 Å². The summed E-state index contributed by atoms with van der Waals surface area (Å²) in [7, 11) is 4.68. The van der Waals surface area contributed by atoms with Crippen LogP contribution in [0.15, 0.2) is 36.4 Å². The summed E-state index contributed by atoms with van der Waals surface area (Å²) in [4.78, 5) is 12.3. The number of aromatic hydroxyl groups is 1. The van der Waals surface area contributed by atoms with Crippen molar-refractivity contribution >= 4 is 5.78 Å². The van der Waals surface area contributed by atoms with Gasteiger partial charge in [0.2, 0.25) is 0 Å². The Kier molecular flexibility index (Phi) is 5.46. The minimum atomic E-state index is -0.143. The van der Waals surface area contributed by atoms with Crippen LogP contribution in [0.5, 0.6) is 23.0 Å². The summed E-state index contributed by atoms with van der Waals surface area (Å²) in [5, 5.41) is 9.93. The number of carbonyl (C=O) groups is 1. The molecule has 23 heavy (non-hydrogen) atoms. The summed E-state index contributed by atoms with van der Waals surface area (Å²) in [6.07, 6.45) is 0.744. The highest BCUT2D eigenvalue weighted by Crippen LogP contribution is 2.28. The lowest BCUT2D eigenvalue weighted by atomic mass is 10.0. The normalized spacial score (nSPS) is 10.2. The van der Waals surface area contributed by atoms with Gasteiger partial charge in [-0.3, -0.25) is 4.79 Å². The standard InChI is InChI=1S/C18H20O5/c1-21-13-6-9-18(23-3)12(10-13)4-8-16(19)15-7-5-14(22-2)11-17(15)20/h5-7,9-11,20H,4,8H2,1-3H3. The number of ketones is 1. The molecule has 0 aliphatic carbocycles. The third-order valence-corrected chi connectivity index (χ3v) is 3.61. The number of hydrogen-bond donors (Lipinski definition) is 1. The van der Waals surface area contributed by atoms with Gasteiger partial charge in [-0.1, -0.05) is 0 Å². The zero-order chi connectivity index (χ0) is 16.8. The molecule has 0 atom stereocenters. The number of phenols is 1. The minimum Gasteiger partial charge on any atom is -0.507 e. The van der Waals surface area contributed by atoms with Gasteiger partial charge in [-0.15, -0.1) is 0 Å². The highest BCUT2D eigenvalue weighted by atomic mass is 16.5. The minimum absolute atomic E-state index is 0.0769. The van der Waals surface area contributed by atoms with Crippen LogP contribution in [0.25, 0.3) is 0 Å². The highest BCUT2D eigenvalue weighted by molar-refractivity contribution is 5.98. The Morgan fingerprint density at radius 1 is 0.957 bits per heavy atom. The molecule has 0 saturated carbocycles. The maximum Gasteiger partial charge on any atom is 0.166 e. The molecule has 0 bridgehead atoms. The first-order chi connectivity index (χ1) is 11.1. The predicted molar refractivity (Wildman–Crippen MR) is 86.9 cm³/mol. The van der Waals surface area contributed by atoms with Crippen LogP contribution in [0.1, 0.15) is 22.3 Å². The molecule has 1 N–H and O–H groups in total. The Hall–Kier alpha value is -2.69. The summed E-state index contributed by atoms with van der Waals surface area (Å²) in [6, 6.07) is 10.1. The van der Waals surface area contributed by atoms with Gasteiger partial charge in [0.1, 0.15) is 23.0 Å². The molecule has 2 aromatic rings. The Labute approximate surface area is 135 Å². The molecule has 0 unspecified atom stereocenters. The van der Waals surface area contributed by atoms with E-state index < -0.39 is 0 Å². The van der Waals surface area contributed by atoms with E-state index in [0.29, 0.717) is 23.7 Å². The van der Waals surface area contributed by atoms with Gasteiger partial charge in [-0.05, 0) is 42.3 Å². The molecule has 2 aromatic carbocycles. The second kappa shape index (κ2) is 7.54. The van der Waals surface area contributed by atoms with Gasteiger partial charge in [0.25, 0.3) is 0 Å². The van der Waals surface area contributed by atoms with E-state index in [1.807, 2.05) is 12.1 Å². The van der Waals surface area contributed by atoms with Crippen molar-refractivity contribution in [1.82, 2.24) is 0 Å². The average molecular weight is 316 g/mol. The van der Waals surface area contributed by atoms with Crippen LogP contribution >= 0.6 is 0 Å². The SMILES string of the molecule is COc1ccc(C(=O)CCc2cc(OC)ccc2OC)c(O)c1. The van der Waals surface area contributed by atoms with Crippen LogP contribution in [0.3, 0.4) is 0 Å². The zero-order valence-electron chi connectivity index (χ0n) is 13.5. The molecule has 0 saturated heterocycles. The zero-order valence-corrected chi connectivity index (χ0v) is 13.5. The average Bonchev–Trinajstić information content (AvgIpc) is 2.59. The molecule has 0 heterocycles. The topological polar surface area (TPSA) is 65.0 Å². The molecule has 0 aliphatic rings. The maximum absolute atomic E-state index is 12.3. The molecule has 0 aliphatic heterocycles. The van der Waals surface area contributed by atoms with Gasteiger partial charge in [-0.2, -0.15) is 0 Å². The first-order valence-electron chi connectivity index (χ1n) is 7.20. The molecule has 122 valence electrons. The Balaban J connectivity index is 2.13. The first kappa shape index (κ1) is 16.7. The fourth-order valence-electron chi connectivity index (χ4n) is 2.33. The molecule has 0 spiro atoms. The van der Waals surface area contributed by atoms with Gasteiger partial charge in [-0.25, -0.2) is 0 Å². The van der Waals surface area contributed by atoms with Crippen molar-refractivity contribution in [2.24, 2.45) is 0 Å². The third kappa shape index (κ3) is 3.94. The quantitative estimate of drug-likeness (QED) is 0.794. The van der Waals surface area contributed by atoms with Gasteiger partial charge < -0.3 is 19.3 Å². The molecule has 0 aromatic heterocycles. The van der Waals surface area contributed by atoms with Crippen molar-refractivity contribution in [2.75, 3.05) is 21.3 Å². The van der Waals surface area contributed by atoms with Crippen LogP contribution in [-0.2, 0) is 6.42 Å². The number of Topliss-reactive ketones (excluding diaryl/α,β-unsaturated/α-hetero) is 1. The van der Waals surface area contributed by atoms with E-state index in [4.69, 9.17) is 14.2 Å². The summed E-state index contributed by atoms with van der Waals surface area (Å²) in [5.41, 5.74) is 1.17. The molecule has 5 heteroatoms. The van der Waals surface area contributed by atoms with Gasteiger partial charge >= 0.3 is 0 Å². The van der Waals surface area contributed by atoms with Crippen LogP contribution in [-0.4, -0.2) is 32.2 Å². The van der Waals surface area contributed by atoms with Gasteiger partial charge in [0, 0.05) is 12.5 Å². The second-order valence-corrected chi connectivity index (χ2v) is 4.98. The van der Waals surface area contributed by atoms with Gasteiger partial charge in [0.15, 0.2) is 5.78 Å². The molecular weight excluding hydrogens is 296 g/mol. The van der Waals surface area contributed by atoms with Crippen LogP contribution in [0.4, 0.5) is 0 Å². The van der Waals surface area contributed by atoms with Crippen molar-refractivity contribution < 1.29 is 24.1 Å². The molecule has 0 amide bonds. The smallest absolute Gasteiger partial charge is 0.166 e. The van der Waals surface area contributed by atoms with Crippen molar-refractivity contribution in [2.45, 2.75) is 12.8 Å². The number of carbonyl (C=O) groups excluding carboxylic acids is 1. The number of ether oxygens (including phenoxy) is 3. The largest absolute Gasteiger partial charge is 0.507 e. The molecule has 0 fully saturated rings. The van der Waals surface area contributed by atoms with Gasteiger partial charge in [0.05, 0.1) is 26.9 Å². The highest BCUT2D eigenvalue weighted by Gasteiger charge is 2.14. The first-order valence-corrected chi connectivity index (χ1v) is 7.20. The van der Waals surface area contributed by atoms with E-state index in [-0.39, 0.29) is 23.5 Å². The maximum atomic E-state index is 12.3. The van der Waals surface area contributed by atoms with Crippen molar-refractivity contribution in [3.05, 3.63) is 47.5 Å². The number of phenolic OH excluding ortho intramolecular Hbond substituents is 1. The van der Waals surface area contributed by atoms with E-state index >= 15 is 0 Å².